The summed E-state index contributed by atoms with van der Waals surface area (Å²) in [5.41, 5.74) is 16.6. The quantitative estimate of drug-likeness (QED) is 0.0225. The Labute approximate surface area is 616 Å². The highest BCUT2D eigenvalue weighted by molar-refractivity contribution is 8.02. The van der Waals surface area contributed by atoms with Gasteiger partial charge in [-0.3, -0.25) is 9.59 Å². The molecule has 10 nitrogen and oxygen atoms in total. The summed E-state index contributed by atoms with van der Waals surface area (Å²) in [4.78, 5) is 33.7. The number of hydrazine groups is 1. The Hall–Kier alpha value is -4.23. The van der Waals surface area contributed by atoms with Crippen LogP contribution in [-0.2, 0) is 14.3 Å². The van der Waals surface area contributed by atoms with Gasteiger partial charge in [0.1, 0.15) is 5.67 Å². The van der Waals surface area contributed by atoms with Crippen LogP contribution >= 0.6 is 23.4 Å². The van der Waals surface area contributed by atoms with Crippen molar-refractivity contribution in [2.75, 3.05) is 61.2 Å². The number of allylic oxidation sites excluding steroid dienone is 13. The molecule has 0 saturated heterocycles. The van der Waals surface area contributed by atoms with Crippen LogP contribution in [0.5, 0.6) is 0 Å². The average molecular weight is 1410 g/mol. The van der Waals surface area contributed by atoms with E-state index in [0.717, 1.165) is 34.0 Å². The number of nitrogens with zero attached hydrogens (tertiary/aromatic N) is 6. The van der Waals surface area contributed by atoms with Gasteiger partial charge >= 0.3 is 0 Å². The van der Waals surface area contributed by atoms with Crippen LogP contribution in [0.4, 0.5) is 4.39 Å². The molecule has 0 aromatic rings. The Morgan fingerprint density at radius 2 is 0.938 bits per heavy atom. The molecule has 0 aliphatic heterocycles. The number of carbonyl (C=O) groups is 2. The van der Waals surface area contributed by atoms with Crippen molar-refractivity contribution in [1.29, 1.82) is 0 Å². The fourth-order valence-electron chi connectivity index (χ4n) is 7.54. The van der Waals surface area contributed by atoms with E-state index in [-0.39, 0.29) is 29.8 Å². The molecule has 1 aliphatic carbocycles. The minimum absolute atomic E-state index is 0. The maximum atomic E-state index is 13.3. The highest BCUT2D eigenvalue weighted by Crippen LogP contribution is 2.29. The molecule has 0 saturated carbocycles. The minimum Gasteiger partial charge on any atom is -0.480 e. The number of alkyl halides is 2. The number of ketones is 2. The first-order chi connectivity index (χ1) is 43.2. The molecule has 0 aromatic heterocycles. The average Bonchev–Trinajstić information content (AvgIpc) is 0.801. The highest BCUT2D eigenvalue weighted by atomic mass is 35.5. The largest absolute Gasteiger partial charge is 0.480 e. The van der Waals surface area contributed by atoms with Gasteiger partial charge in [0, 0.05) is 111 Å². The minimum atomic E-state index is -1.31. The molecule has 0 spiro atoms. The van der Waals surface area contributed by atoms with Gasteiger partial charge in [0.25, 0.3) is 0 Å². The summed E-state index contributed by atoms with van der Waals surface area (Å²) in [6.45, 7) is 101. The molecule has 0 unspecified atom stereocenters. The lowest BCUT2D eigenvalue weighted by Crippen LogP contribution is -2.38. The SMILES string of the molecule is C.C=C(C(C)=C(C)C)N(C)NC(C)C.C=C(C)/C(C)=C(\C)C(C)C.C=C(N(C)C(C)C)C(C)(C)Cl.C=C(N(C)C(C)C)C(C)(C)F.C=C(OCC)N(C)C(C)C.C=C(SCC)N(C)C(C)C.CC/C(C)=C(\C)C(C)C.CC1=C(C)C(=O)C(C(C)C)=C(C)C1=O.CCCN(C)C(C)C. The van der Waals surface area contributed by atoms with Crippen molar-refractivity contribution in [2.45, 2.75) is 323 Å². The third kappa shape index (κ3) is 52.4. The van der Waals surface area contributed by atoms with E-state index in [2.05, 4.69) is 247 Å². The van der Waals surface area contributed by atoms with Crippen LogP contribution in [0, 0.1) is 17.8 Å². The number of thioether (sulfide) groups is 1. The molecule has 1 aliphatic rings. The van der Waals surface area contributed by atoms with Crippen molar-refractivity contribution >= 4 is 34.9 Å². The number of halogens is 2. The number of hydrogen-bond donors (Lipinski definition) is 1. The second-order valence-corrected chi connectivity index (χ2v) is 31.4. The summed E-state index contributed by atoms with van der Waals surface area (Å²) in [6.07, 6.45) is 2.46. The Morgan fingerprint density at radius 1 is 0.557 bits per heavy atom. The Bertz CT molecular complexity index is 2390. The van der Waals surface area contributed by atoms with E-state index < -0.39 is 5.67 Å². The Morgan fingerprint density at radius 3 is 1.15 bits per heavy atom. The number of rotatable bonds is 26. The first-order valence-corrected chi connectivity index (χ1v) is 36.9. The topological polar surface area (TPSA) is 74.8 Å². The van der Waals surface area contributed by atoms with Gasteiger partial charge in [0.05, 0.1) is 16.5 Å². The highest BCUT2D eigenvalue weighted by Gasteiger charge is 2.29. The van der Waals surface area contributed by atoms with Gasteiger partial charge in [-0.2, -0.15) is 0 Å². The molecule has 0 atom stereocenters. The lowest BCUT2D eigenvalue weighted by Gasteiger charge is -2.32. The molecule has 1 N–H and O–H groups in total. The third-order valence-corrected chi connectivity index (χ3v) is 18.3. The zero-order chi connectivity index (χ0) is 78.7. The van der Waals surface area contributed by atoms with Gasteiger partial charge in [-0.1, -0.05) is 131 Å². The van der Waals surface area contributed by atoms with E-state index in [4.69, 9.17) is 16.3 Å². The van der Waals surface area contributed by atoms with Gasteiger partial charge in [-0.25, -0.2) is 9.82 Å². The lowest BCUT2D eigenvalue weighted by atomic mass is 9.81. The molecular formula is C84H165ClFN7O3S. The number of hydrogen-bond acceptors (Lipinski definition) is 11. The van der Waals surface area contributed by atoms with Crippen LogP contribution in [0.3, 0.4) is 0 Å². The monoisotopic (exact) mass is 1410 g/mol. The molecule has 1 rings (SSSR count). The molecule has 0 bridgehead atoms. The molecule has 0 radical (unpaired) electrons. The smallest absolute Gasteiger partial charge is 0.185 e. The fraction of sp³-hybridized carbons (Fsp3) is 0.714. The zero-order valence-corrected chi connectivity index (χ0v) is 73.1. The van der Waals surface area contributed by atoms with E-state index in [1.54, 1.807) is 43.7 Å². The van der Waals surface area contributed by atoms with E-state index >= 15 is 0 Å². The molecule has 13 heteroatoms. The molecule has 0 fully saturated rings. The van der Waals surface area contributed by atoms with E-state index in [1.807, 2.05) is 91.5 Å². The number of likely N-dealkylation sites (N-methyl/N-ethyl adjacent to an activating group) is 1. The van der Waals surface area contributed by atoms with Gasteiger partial charge in [0.15, 0.2) is 17.4 Å². The van der Waals surface area contributed by atoms with Gasteiger partial charge < -0.3 is 34.2 Å². The van der Waals surface area contributed by atoms with E-state index in [1.165, 1.54) is 61.1 Å². The first kappa shape index (κ1) is 111. The van der Waals surface area contributed by atoms with Crippen molar-refractivity contribution in [2.24, 2.45) is 17.8 Å². The maximum absolute atomic E-state index is 13.3. The van der Waals surface area contributed by atoms with Crippen LogP contribution in [0.15, 0.2) is 129 Å². The number of Topliss-reactive ketones (excluding diaryl/α,β-unsaturated/α-hetero) is 2. The lowest BCUT2D eigenvalue weighted by molar-refractivity contribution is -0.116. The second-order valence-electron chi connectivity index (χ2n) is 29.1. The van der Waals surface area contributed by atoms with Crippen molar-refractivity contribution in [1.82, 2.24) is 34.9 Å². The molecule has 0 aromatic carbocycles. The predicted molar refractivity (Wildman–Crippen MR) is 444 cm³/mol. The summed E-state index contributed by atoms with van der Waals surface area (Å²) >= 11 is 7.88. The van der Waals surface area contributed by atoms with Gasteiger partial charge in [-0.15, -0.1) is 23.4 Å². The maximum Gasteiger partial charge on any atom is 0.185 e. The van der Waals surface area contributed by atoms with Crippen LogP contribution in [0.2, 0.25) is 0 Å². The van der Waals surface area contributed by atoms with E-state index in [9.17, 15) is 14.0 Å². The Kier molecular flexibility index (Phi) is 65.9. The molecule has 574 valence electrons. The number of carbonyl (C=O) groups excluding carboxylic acids is 2. The Balaban J connectivity index is -0.000000129. The third-order valence-electron chi connectivity index (χ3n) is 17.2. The van der Waals surface area contributed by atoms with Crippen LogP contribution in [0.25, 0.3) is 0 Å². The standard InChI is InChI=1S/C12H16O2.C11H22N2.C10H18.C9H18ClN.C9H18FN.C9H18.C8H17NO.C8H17NS.C7H17N.CH4/c1-6(2)10-9(5)11(13)7(3)8(4)12(10)14;1-8(2)10(5)11(6)13(7)12-9(3)4;1-7(2)9(5)10(6)8(3)4;2*1-7(2)11(6)8(3)9(4,5)10;1-6-8(4)9(5)7(2)3;2*1-6-10-8(4)9(5)7(2)3;1-5-6-8(4)7(2)3;/h6H,1-5H3;9,12H,6H2,1-5,7H3;8H,1H2,2-6H3;2*7H,3H2,1-2,4-6H3;7H,6H2,1-5H3;2*7H,4,6H2,1-3,5H3;7H,5-6H2,1-4H3;1H4/b;;10-9+;;;9-8+;;;;. The van der Waals surface area contributed by atoms with Crippen molar-refractivity contribution in [3.05, 3.63) is 129 Å². The summed E-state index contributed by atoms with van der Waals surface area (Å²) in [6, 6.07) is 2.92. The van der Waals surface area contributed by atoms with Crippen LogP contribution in [-0.4, -0.2) is 149 Å². The summed E-state index contributed by atoms with van der Waals surface area (Å²) in [5.74, 6) is 3.41. The first-order valence-electron chi connectivity index (χ1n) is 35.5. The summed E-state index contributed by atoms with van der Waals surface area (Å²) in [7, 11) is 12.1. The molecule has 97 heavy (non-hydrogen) atoms. The molecular weight excluding hydrogens is 1240 g/mol. The fourth-order valence-corrected chi connectivity index (χ4v) is 8.43. The summed E-state index contributed by atoms with van der Waals surface area (Å²) in [5, 5.41) is 3.14. The number of nitrogens with one attached hydrogen (secondary N) is 1. The predicted octanol–water partition coefficient (Wildman–Crippen LogP) is 24.3. The van der Waals surface area contributed by atoms with Gasteiger partial charge in [-0.05, 0) is 262 Å². The normalized spacial score (nSPS) is 12.4. The van der Waals surface area contributed by atoms with E-state index in [0.29, 0.717) is 76.8 Å². The second kappa shape index (κ2) is 57.4. The zero-order valence-electron chi connectivity index (χ0n) is 71.5. The van der Waals surface area contributed by atoms with Gasteiger partial charge in [0.2, 0.25) is 0 Å². The summed E-state index contributed by atoms with van der Waals surface area (Å²) < 4.78 is 18.4. The van der Waals surface area contributed by atoms with Crippen molar-refractivity contribution in [3.63, 3.8) is 0 Å². The van der Waals surface area contributed by atoms with Crippen LogP contribution in [0.1, 0.15) is 276 Å². The van der Waals surface area contributed by atoms with Crippen LogP contribution < -0.4 is 5.43 Å². The molecule has 0 heterocycles. The molecule has 0 amide bonds. The van der Waals surface area contributed by atoms with Crippen molar-refractivity contribution < 1.29 is 18.7 Å². The van der Waals surface area contributed by atoms with Crippen molar-refractivity contribution in [3.8, 4) is 0 Å². The number of ether oxygens (including phenoxy) is 1.